The number of nitriles is 1. The van der Waals surface area contributed by atoms with Crippen molar-refractivity contribution in [2.45, 2.75) is 13.5 Å². The minimum atomic E-state index is -0.312. The molecule has 0 aliphatic heterocycles. The molecule has 0 radical (unpaired) electrons. The molecule has 23 heavy (non-hydrogen) atoms. The largest absolute Gasteiger partial charge is 0.456 e. The molecule has 2 rings (SSSR count). The highest BCUT2D eigenvalue weighted by Crippen LogP contribution is 2.33. The molecule has 0 spiro atoms. The Labute approximate surface area is 137 Å². The van der Waals surface area contributed by atoms with Crippen molar-refractivity contribution < 1.29 is 14.4 Å². The Morgan fingerprint density at radius 3 is 2.96 bits per heavy atom. The van der Waals surface area contributed by atoms with Crippen LogP contribution in [0.15, 0.2) is 30.5 Å². The number of benzene rings is 1. The van der Waals surface area contributed by atoms with E-state index >= 15 is 0 Å². The first-order chi connectivity index (χ1) is 11.0. The molecule has 0 atom stereocenters. The number of ether oxygens (including phenoxy) is 1. The molecular formula is C15H13ClN4O3. The predicted molar refractivity (Wildman–Crippen MR) is 83.5 cm³/mol. The van der Waals surface area contributed by atoms with Gasteiger partial charge in [-0.1, -0.05) is 11.6 Å². The van der Waals surface area contributed by atoms with Gasteiger partial charge in [-0.05, 0) is 18.2 Å². The van der Waals surface area contributed by atoms with Crippen molar-refractivity contribution in [3.8, 4) is 17.6 Å². The summed E-state index contributed by atoms with van der Waals surface area (Å²) in [4.78, 5) is 19.8. The maximum atomic E-state index is 10.7. The molecule has 0 fully saturated rings. The summed E-state index contributed by atoms with van der Waals surface area (Å²) in [6.07, 6.45) is 1.52. The van der Waals surface area contributed by atoms with Gasteiger partial charge in [0.1, 0.15) is 29.7 Å². The zero-order valence-corrected chi connectivity index (χ0v) is 12.9. The minimum absolute atomic E-state index is 0.0738. The zero-order valence-electron chi connectivity index (χ0n) is 12.2. The van der Waals surface area contributed by atoms with Crippen molar-refractivity contribution in [2.75, 3.05) is 5.73 Å². The summed E-state index contributed by atoms with van der Waals surface area (Å²) in [6, 6.07) is 8.32. The maximum Gasteiger partial charge on any atom is 0.240 e. The number of rotatable bonds is 5. The third kappa shape index (κ3) is 4.32. The van der Waals surface area contributed by atoms with Gasteiger partial charge in [0.15, 0.2) is 0 Å². The molecule has 0 saturated carbocycles. The molecule has 7 nitrogen and oxygen atoms in total. The number of carbonyl (C=O) groups excluding carboxylic acids is 1. The number of anilines is 1. The minimum Gasteiger partial charge on any atom is -0.456 e. The molecule has 118 valence electrons. The van der Waals surface area contributed by atoms with Crippen LogP contribution in [-0.2, 0) is 16.2 Å². The van der Waals surface area contributed by atoms with E-state index in [1.807, 2.05) is 6.07 Å². The fraction of sp³-hybridized carbons (Fsp3) is 0.133. The fourth-order valence-electron chi connectivity index (χ4n) is 1.70. The summed E-state index contributed by atoms with van der Waals surface area (Å²) in [5.41, 5.74) is 8.85. The van der Waals surface area contributed by atoms with Gasteiger partial charge in [0.2, 0.25) is 5.91 Å². The molecular weight excluding hydrogens is 320 g/mol. The second kappa shape index (κ2) is 7.45. The normalized spacial score (nSPS) is 9.96. The van der Waals surface area contributed by atoms with Gasteiger partial charge >= 0.3 is 0 Å². The van der Waals surface area contributed by atoms with Crippen molar-refractivity contribution >= 4 is 23.2 Å². The van der Waals surface area contributed by atoms with Gasteiger partial charge in [0.25, 0.3) is 0 Å². The quantitative estimate of drug-likeness (QED) is 0.643. The van der Waals surface area contributed by atoms with Crippen molar-refractivity contribution in [2.24, 2.45) is 0 Å². The Morgan fingerprint density at radius 1 is 1.48 bits per heavy atom. The second-order valence-corrected chi connectivity index (χ2v) is 4.86. The van der Waals surface area contributed by atoms with E-state index in [0.717, 1.165) is 0 Å². The predicted octanol–water partition coefficient (Wildman–Crippen LogP) is 2.55. The van der Waals surface area contributed by atoms with Crippen LogP contribution in [0.5, 0.6) is 11.5 Å². The third-order valence-electron chi connectivity index (χ3n) is 2.70. The Morgan fingerprint density at radius 2 is 2.26 bits per heavy atom. The SMILES string of the molecule is CC(=O)NOCc1cc(Oc2ccc(N)c(Cl)c2C#N)ccn1. The van der Waals surface area contributed by atoms with Crippen LogP contribution in [0.1, 0.15) is 18.2 Å². The Kier molecular flexibility index (Phi) is 5.36. The summed E-state index contributed by atoms with van der Waals surface area (Å²) in [5, 5.41) is 9.33. The summed E-state index contributed by atoms with van der Waals surface area (Å²) in [5.74, 6) is 0.415. The van der Waals surface area contributed by atoms with E-state index in [0.29, 0.717) is 17.1 Å². The van der Waals surface area contributed by atoms with Gasteiger partial charge in [-0.2, -0.15) is 5.26 Å². The standard InChI is InChI=1S/C15H13ClN4O3/c1-9(21)20-22-8-10-6-11(4-5-19-10)23-14-3-2-13(18)15(16)12(14)7-17/h2-6H,8,18H2,1H3,(H,20,21). The topological polar surface area (TPSA) is 110 Å². The smallest absolute Gasteiger partial charge is 0.240 e. The van der Waals surface area contributed by atoms with E-state index < -0.39 is 0 Å². The highest BCUT2D eigenvalue weighted by atomic mass is 35.5. The lowest BCUT2D eigenvalue weighted by atomic mass is 10.2. The molecule has 0 saturated heterocycles. The molecule has 1 heterocycles. The molecule has 0 unspecified atom stereocenters. The highest BCUT2D eigenvalue weighted by molar-refractivity contribution is 6.34. The van der Waals surface area contributed by atoms with E-state index in [2.05, 4.69) is 10.5 Å². The van der Waals surface area contributed by atoms with Crippen LogP contribution in [0.25, 0.3) is 0 Å². The van der Waals surface area contributed by atoms with Gasteiger partial charge in [-0.3, -0.25) is 14.6 Å². The van der Waals surface area contributed by atoms with E-state index in [9.17, 15) is 10.1 Å². The van der Waals surface area contributed by atoms with Crippen LogP contribution >= 0.6 is 11.6 Å². The number of hydrogen-bond donors (Lipinski definition) is 2. The third-order valence-corrected chi connectivity index (χ3v) is 3.10. The number of nitrogens with one attached hydrogen (secondary N) is 1. The number of nitrogens with zero attached hydrogens (tertiary/aromatic N) is 2. The number of hydroxylamine groups is 1. The van der Waals surface area contributed by atoms with Crippen molar-refractivity contribution in [1.82, 2.24) is 10.5 Å². The monoisotopic (exact) mass is 332 g/mol. The van der Waals surface area contributed by atoms with E-state index in [4.69, 9.17) is 26.9 Å². The lowest BCUT2D eigenvalue weighted by Gasteiger charge is -2.10. The molecule has 0 bridgehead atoms. The molecule has 1 aromatic carbocycles. The van der Waals surface area contributed by atoms with Gasteiger partial charge in [-0.15, -0.1) is 0 Å². The lowest BCUT2D eigenvalue weighted by molar-refractivity contribution is -0.132. The number of hydrogen-bond acceptors (Lipinski definition) is 6. The molecule has 0 aliphatic carbocycles. The van der Waals surface area contributed by atoms with Crippen LogP contribution in [0.3, 0.4) is 0 Å². The number of halogens is 1. The Bertz CT molecular complexity index is 774. The lowest BCUT2D eigenvalue weighted by Crippen LogP contribution is -2.20. The average molecular weight is 333 g/mol. The Hall–Kier alpha value is -2.82. The van der Waals surface area contributed by atoms with Gasteiger partial charge in [0.05, 0.1) is 16.4 Å². The van der Waals surface area contributed by atoms with E-state index in [1.165, 1.54) is 13.1 Å². The first kappa shape index (κ1) is 16.5. The maximum absolute atomic E-state index is 10.7. The van der Waals surface area contributed by atoms with Crippen molar-refractivity contribution in [3.05, 3.63) is 46.7 Å². The molecule has 8 heteroatoms. The first-order valence-corrected chi connectivity index (χ1v) is 6.88. The first-order valence-electron chi connectivity index (χ1n) is 6.50. The van der Waals surface area contributed by atoms with Crippen LogP contribution in [-0.4, -0.2) is 10.9 Å². The molecule has 3 N–H and O–H groups in total. The van der Waals surface area contributed by atoms with Crippen molar-refractivity contribution in [1.29, 1.82) is 5.26 Å². The summed E-state index contributed by atoms with van der Waals surface area (Å²) < 4.78 is 5.66. The van der Waals surface area contributed by atoms with Crippen LogP contribution in [0.4, 0.5) is 5.69 Å². The molecule has 1 amide bonds. The van der Waals surface area contributed by atoms with Gasteiger partial charge < -0.3 is 10.5 Å². The average Bonchev–Trinajstić information content (AvgIpc) is 2.51. The van der Waals surface area contributed by atoms with Gasteiger partial charge in [0, 0.05) is 19.2 Å². The molecule has 1 aromatic heterocycles. The number of carbonyl (C=O) groups is 1. The van der Waals surface area contributed by atoms with Crippen LogP contribution < -0.4 is 16.0 Å². The number of aromatic nitrogens is 1. The van der Waals surface area contributed by atoms with E-state index in [1.54, 1.807) is 24.3 Å². The van der Waals surface area contributed by atoms with Crippen molar-refractivity contribution in [3.63, 3.8) is 0 Å². The number of amides is 1. The molecule has 2 aromatic rings. The number of nitrogens with two attached hydrogens (primary N) is 1. The second-order valence-electron chi connectivity index (χ2n) is 4.49. The Balaban J connectivity index is 2.17. The van der Waals surface area contributed by atoms with Crippen LogP contribution in [0.2, 0.25) is 5.02 Å². The zero-order chi connectivity index (χ0) is 16.8. The number of pyridine rings is 1. The number of nitrogen functional groups attached to an aromatic ring is 1. The van der Waals surface area contributed by atoms with Crippen LogP contribution in [0, 0.1) is 11.3 Å². The van der Waals surface area contributed by atoms with E-state index in [-0.39, 0.29) is 28.8 Å². The molecule has 0 aliphatic rings. The van der Waals surface area contributed by atoms with Gasteiger partial charge in [-0.25, -0.2) is 5.48 Å². The summed E-state index contributed by atoms with van der Waals surface area (Å²) in [7, 11) is 0. The summed E-state index contributed by atoms with van der Waals surface area (Å²) in [6.45, 7) is 1.41. The summed E-state index contributed by atoms with van der Waals surface area (Å²) >= 11 is 5.99. The fourth-order valence-corrected chi connectivity index (χ4v) is 1.90. The highest BCUT2D eigenvalue weighted by Gasteiger charge is 2.12.